The molecule has 0 saturated carbocycles. The van der Waals surface area contributed by atoms with Gasteiger partial charge in [0.2, 0.25) is 0 Å². The zero-order valence-corrected chi connectivity index (χ0v) is 12.1. The average Bonchev–Trinajstić information content (AvgIpc) is 3.08. The Morgan fingerprint density at radius 1 is 1.32 bits per heavy atom. The largest absolute Gasteiger partial charge is 0.459 e. The van der Waals surface area contributed by atoms with E-state index in [-0.39, 0.29) is 5.91 Å². The molecule has 1 atom stereocenters. The molecule has 0 aromatic carbocycles. The standard InChI is InChI=1S/C14H15NO2S2/c16-14(11-3-1-8-17-11)15-6-5-13(19-10-7-15)12-4-2-9-18-12/h1-4,8-9,13H,5-7,10H2/t13-/m0/s1. The van der Waals surface area contributed by atoms with Crippen molar-refractivity contribution >= 4 is 29.0 Å². The summed E-state index contributed by atoms with van der Waals surface area (Å²) in [4.78, 5) is 15.5. The minimum Gasteiger partial charge on any atom is -0.459 e. The maximum absolute atomic E-state index is 12.2. The molecule has 3 rings (SSSR count). The second kappa shape index (κ2) is 5.84. The Morgan fingerprint density at radius 3 is 3.00 bits per heavy atom. The molecule has 0 N–H and O–H groups in total. The van der Waals surface area contributed by atoms with Crippen molar-refractivity contribution in [1.29, 1.82) is 0 Å². The predicted octanol–water partition coefficient (Wildman–Crippen LogP) is 3.66. The molecule has 0 spiro atoms. The van der Waals surface area contributed by atoms with E-state index >= 15 is 0 Å². The summed E-state index contributed by atoms with van der Waals surface area (Å²) in [5.74, 6) is 1.44. The van der Waals surface area contributed by atoms with Gasteiger partial charge in [0.25, 0.3) is 5.91 Å². The molecular formula is C14H15NO2S2. The van der Waals surface area contributed by atoms with Gasteiger partial charge in [-0.05, 0) is 30.0 Å². The first-order chi connectivity index (χ1) is 9.34. The van der Waals surface area contributed by atoms with Crippen LogP contribution in [0.25, 0.3) is 0 Å². The first-order valence-electron chi connectivity index (χ1n) is 6.32. The van der Waals surface area contributed by atoms with Crippen LogP contribution >= 0.6 is 23.1 Å². The minimum absolute atomic E-state index is 0.0115. The third kappa shape index (κ3) is 2.87. The SMILES string of the molecule is O=C(c1ccco1)N1CCS[C@H](c2cccs2)CC1. The average molecular weight is 293 g/mol. The Kier molecular flexibility index (Phi) is 3.94. The molecule has 1 aliphatic rings. The van der Waals surface area contributed by atoms with Crippen molar-refractivity contribution < 1.29 is 9.21 Å². The van der Waals surface area contributed by atoms with Crippen LogP contribution in [0.5, 0.6) is 0 Å². The van der Waals surface area contributed by atoms with E-state index in [0.29, 0.717) is 11.0 Å². The van der Waals surface area contributed by atoms with Gasteiger partial charge in [0, 0.05) is 29.0 Å². The van der Waals surface area contributed by atoms with E-state index in [1.165, 1.54) is 4.88 Å². The molecule has 19 heavy (non-hydrogen) atoms. The number of hydrogen-bond donors (Lipinski definition) is 0. The van der Waals surface area contributed by atoms with Gasteiger partial charge in [-0.25, -0.2) is 0 Å². The highest BCUT2D eigenvalue weighted by molar-refractivity contribution is 7.99. The van der Waals surface area contributed by atoms with Gasteiger partial charge in [-0.1, -0.05) is 6.07 Å². The molecule has 1 aliphatic heterocycles. The Bertz CT molecular complexity index is 522. The predicted molar refractivity (Wildman–Crippen MR) is 78.7 cm³/mol. The first kappa shape index (κ1) is 12.8. The fourth-order valence-electron chi connectivity index (χ4n) is 2.23. The van der Waals surface area contributed by atoms with E-state index in [1.54, 1.807) is 29.7 Å². The van der Waals surface area contributed by atoms with Gasteiger partial charge in [-0.2, -0.15) is 11.8 Å². The molecule has 100 valence electrons. The van der Waals surface area contributed by atoms with Crippen molar-refractivity contribution in [3.8, 4) is 0 Å². The molecule has 1 fully saturated rings. The summed E-state index contributed by atoms with van der Waals surface area (Å²) in [6, 6.07) is 7.77. The van der Waals surface area contributed by atoms with E-state index in [4.69, 9.17) is 4.42 Å². The zero-order valence-electron chi connectivity index (χ0n) is 10.5. The van der Waals surface area contributed by atoms with E-state index in [2.05, 4.69) is 17.5 Å². The maximum atomic E-state index is 12.2. The number of rotatable bonds is 2. The van der Waals surface area contributed by atoms with Crippen LogP contribution in [0.3, 0.4) is 0 Å². The fourth-order valence-corrected chi connectivity index (χ4v) is 4.47. The number of carbonyl (C=O) groups excluding carboxylic acids is 1. The van der Waals surface area contributed by atoms with E-state index < -0.39 is 0 Å². The summed E-state index contributed by atoms with van der Waals surface area (Å²) < 4.78 is 5.19. The molecule has 1 amide bonds. The minimum atomic E-state index is 0.0115. The van der Waals surface area contributed by atoms with E-state index in [0.717, 1.165) is 25.3 Å². The van der Waals surface area contributed by atoms with Gasteiger partial charge in [0.05, 0.1) is 6.26 Å². The molecule has 0 bridgehead atoms. The first-order valence-corrected chi connectivity index (χ1v) is 8.25. The number of hydrogen-bond acceptors (Lipinski definition) is 4. The molecule has 2 aromatic rings. The Hall–Kier alpha value is -1.20. The quantitative estimate of drug-likeness (QED) is 0.847. The van der Waals surface area contributed by atoms with Crippen molar-refractivity contribution in [2.45, 2.75) is 11.7 Å². The van der Waals surface area contributed by atoms with E-state index in [9.17, 15) is 4.79 Å². The van der Waals surface area contributed by atoms with Crippen LogP contribution < -0.4 is 0 Å². The molecule has 0 aliphatic carbocycles. The Labute approximate surface area is 120 Å². The van der Waals surface area contributed by atoms with Gasteiger partial charge >= 0.3 is 0 Å². The molecule has 2 aromatic heterocycles. The van der Waals surface area contributed by atoms with Crippen LogP contribution in [0.1, 0.15) is 27.1 Å². The van der Waals surface area contributed by atoms with Crippen molar-refractivity contribution in [1.82, 2.24) is 4.90 Å². The van der Waals surface area contributed by atoms with Crippen LogP contribution in [0.4, 0.5) is 0 Å². The van der Waals surface area contributed by atoms with Crippen LogP contribution in [0.15, 0.2) is 40.3 Å². The lowest BCUT2D eigenvalue weighted by molar-refractivity contribution is 0.0735. The molecule has 1 saturated heterocycles. The highest BCUT2D eigenvalue weighted by atomic mass is 32.2. The molecule has 0 radical (unpaired) electrons. The molecule has 0 unspecified atom stereocenters. The van der Waals surface area contributed by atoms with Gasteiger partial charge in [0.1, 0.15) is 0 Å². The second-order valence-corrected chi connectivity index (χ2v) is 6.72. The third-order valence-electron chi connectivity index (χ3n) is 3.22. The summed E-state index contributed by atoms with van der Waals surface area (Å²) in [5.41, 5.74) is 0. The van der Waals surface area contributed by atoms with Crippen LogP contribution in [-0.4, -0.2) is 29.6 Å². The number of nitrogens with zero attached hydrogens (tertiary/aromatic N) is 1. The monoisotopic (exact) mass is 293 g/mol. The van der Waals surface area contributed by atoms with E-state index in [1.807, 2.05) is 16.7 Å². The molecule has 3 nitrogen and oxygen atoms in total. The smallest absolute Gasteiger partial charge is 0.289 e. The number of thiophene rings is 1. The molecule has 3 heterocycles. The lowest BCUT2D eigenvalue weighted by Crippen LogP contribution is -2.32. The fraction of sp³-hybridized carbons (Fsp3) is 0.357. The Balaban J connectivity index is 1.66. The van der Waals surface area contributed by atoms with Crippen LogP contribution in [0.2, 0.25) is 0 Å². The number of furan rings is 1. The van der Waals surface area contributed by atoms with Gasteiger partial charge < -0.3 is 9.32 Å². The number of amides is 1. The summed E-state index contributed by atoms with van der Waals surface area (Å²) in [6.07, 6.45) is 2.56. The normalized spacial score (nSPS) is 20.2. The number of carbonyl (C=O) groups is 1. The van der Waals surface area contributed by atoms with Crippen LogP contribution in [0, 0.1) is 0 Å². The lowest BCUT2D eigenvalue weighted by Gasteiger charge is -2.18. The molecule has 5 heteroatoms. The summed E-state index contributed by atoms with van der Waals surface area (Å²) >= 11 is 3.75. The van der Waals surface area contributed by atoms with Crippen molar-refractivity contribution in [3.63, 3.8) is 0 Å². The summed E-state index contributed by atoms with van der Waals surface area (Å²) in [6.45, 7) is 1.60. The third-order valence-corrected chi connectivity index (χ3v) is 5.67. The molecular weight excluding hydrogens is 278 g/mol. The van der Waals surface area contributed by atoms with Crippen LogP contribution in [-0.2, 0) is 0 Å². The highest BCUT2D eigenvalue weighted by Crippen LogP contribution is 2.36. The van der Waals surface area contributed by atoms with Gasteiger partial charge in [-0.15, -0.1) is 11.3 Å². The Morgan fingerprint density at radius 2 is 2.26 bits per heavy atom. The van der Waals surface area contributed by atoms with Gasteiger partial charge in [-0.3, -0.25) is 4.79 Å². The van der Waals surface area contributed by atoms with Crippen molar-refractivity contribution in [3.05, 3.63) is 46.5 Å². The summed E-state index contributed by atoms with van der Waals surface area (Å²) in [5, 5.41) is 2.64. The van der Waals surface area contributed by atoms with Crippen molar-refractivity contribution in [2.75, 3.05) is 18.8 Å². The second-order valence-electron chi connectivity index (χ2n) is 4.43. The maximum Gasteiger partial charge on any atom is 0.289 e. The zero-order chi connectivity index (χ0) is 13.1. The lowest BCUT2D eigenvalue weighted by atomic mass is 10.2. The summed E-state index contributed by atoms with van der Waals surface area (Å²) in [7, 11) is 0. The topological polar surface area (TPSA) is 33.5 Å². The number of thioether (sulfide) groups is 1. The highest BCUT2D eigenvalue weighted by Gasteiger charge is 2.24. The van der Waals surface area contributed by atoms with Gasteiger partial charge in [0.15, 0.2) is 5.76 Å². The van der Waals surface area contributed by atoms with Crippen molar-refractivity contribution in [2.24, 2.45) is 0 Å².